The first-order valence-corrected chi connectivity index (χ1v) is 2.12. The van der Waals surface area contributed by atoms with Gasteiger partial charge in [0.25, 0.3) is 0 Å². The smallest absolute Gasteiger partial charge is 0.230 e. The van der Waals surface area contributed by atoms with Gasteiger partial charge in [0, 0.05) is 0 Å². The Morgan fingerprint density at radius 3 is 2.12 bits per heavy atom. The summed E-state index contributed by atoms with van der Waals surface area (Å²) in [6.07, 6.45) is 1.77. The molecule has 0 N–H and O–H groups in total. The van der Waals surface area contributed by atoms with Crippen molar-refractivity contribution in [1.82, 2.24) is 0 Å². The third-order valence-corrected chi connectivity index (χ3v) is 0.874. The predicted octanol–water partition coefficient (Wildman–Crippen LogP) is -0.0954. The summed E-state index contributed by atoms with van der Waals surface area (Å²) in [4.78, 5) is 10.3. The first-order valence-electron chi connectivity index (χ1n) is 2.12. The Kier molecular flexibility index (Phi) is 1.72. The molecule has 0 unspecified atom stereocenters. The molecular weight excluding hydrogens is 104 g/mol. The van der Waals surface area contributed by atoms with Gasteiger partial charge in [-0.3, -0.25) is 0 Å². The van der Waals surface area contributed by atoms with Crippen LogP contribution >= 0.6 is 0 Å². The molecule has 0 aliphatic carbocycles. The maximum Gasteiger partial charge on any atom is 0.328 e. The molecule has 0 saturated carbocycles. The number of carbonyl (C=O) groups excluding carboxylic acids is 1. The molecule has 0 aromatic carbocycles. The fourth-order valence-corrected chi connectivity index (χ4v) is 0.0558. The van der Waals surface area contributed by atoms with Crippen LogP contribution in [0.4, 0.5) is 0 Å². The second-order valence-corrected chi connectivity index (χ2v) is 1.95. The van der Waals surface area contributed by atoms with Crippen LogP contribution in [-0.4, -0.2) is 24.5 Å². The molecule has 0 rings (SSSR count). The molecule has 43 valence electrons. The average molecular weight is 112 g/mol. The highest BCUT2D eigenvalue weighted by molar-refractivity contribution is 5.73. The monoisotopic (exact) mass is 112 g/mol. The minimum atomic E-state index is -0.396. The Hall–Kier alpha value is -0.880. The quantitative estimate of drug-likeness (QED) is 0.324. The highest BCUT2D eigenvalue weighted by Gasteiger charge is 2.20. The van der Waals surface area contributed by atoms with Crippen LogP contribution in [0.25, 0.3) is 0 Å². The van der Waals surface area contributed by atoms with Crippen molar-refractivity contribution in [2.75, 3.05) is 14.1 Å². The zero-order valence-corrected chi connectivity index (χ0v) is 5.01. The van der Waals surface area contributed by atoms with Gasteiger partial charge in [-0.15, -0.1) is 5.26 Å². The SMILES string of the molecule is [CH2]C(=O)[N+](C)(C)C#N. The molecular formula is C5H8N2O+. The third-order valence-electron chi connectivity index (χ3n) is 0.874. The van der Waals surface area contributed by atoms with Crippen LogP contribution in [0.2, 0.25) is 0 Å². The lowest BCUT2D eigenvalue weighted by atomic mass is 10.5. The Labute approximate surface area is 48.7 Å². The van der Waals surface area contributed by atoms with Gasteiger partial charge in [-0.1, -0.05) is 0 Å². The maximum absolute atomic E-state index is 10.3. The molecule has 0 spiro atoms. The second-order valence-electron chi connectivity index (χ2n) is 1.95. The fourth-order valence-electron chi connectivity index (χ4n) is 0.0558. The lowest BCUT2D eigenvalue weighted by Gasteiger charge is -2.11. The van der Waals surface area contributed by atoms with E-state index in [2.05, 4.69) is 6.92 Å². The number of amides is 1. The summed E-state index contributed by atoms with van der Waals surface area (Å²) in [7, 11) is 2.96. The topological polar surface area (TPSA) is 40.9 Å². The fraction of sp³-hybridized carbons (Fsp3) is 0.400. The van der Waals surface area contributed by atoms with E-state index in [1.807, 2.05) is 0 Å². The Balaban J connectivity index is 4.19. The van der Waals surface area contributed by atoms with Gasteiger partial charge in [-0.05, 0) is 0 Å². The summed E-state index contributed by atoms with van der Waals surface area (Å²) in [5.41, 5.74) is 0. The molecule has 0 aromatic heterocycles. The average Bonchev–Trinajstić information content (AvgIpc) is 1.67. The number of nitriles is 1. The van der Waals surface area contributed by atoms with Crippen molar-refractivity contribution in [3.05, 3.63) is 6.92 Å². The van der Waals surface area contributed by atoms with Crippen LogP contribution in [-0.2, 0) is 4.79 Å². The van der Waals surface area contributed by atoms with Gasteiger partial charge in [0.05, 0.1) is 21.0 Å². The van der Waals surface area contributed by atoms with Gasteiger partial charge in [-0.2, -0.15) is 4.48 Å². The first-order chi connectivity index (χ1) is 3.50. The summed E-state index contributed by atoms with van der Waals surface area (Å²) in [5.74, 6) is -0.396. The minimum Gasteiger partial charge on any atom is -0.230 e. The molecule has 0 aliphatic rings. The molecule has 1 radical (unpaired) electrons. The molecule has 0 fully saturated rings. The van der Waals surface area contributed by atoms with Gasteiger partial charge in [0.2, 0.25) is 0 Å². The summed E-state index contributed by atoms with van der Waals surface area (Å²) in [6.45, 7) is 3.09. The lowest BCUT2D eigenvalue weighted by molar-refractivity contribution is -0.741. The van der Waals surface area contributed by atoms with Crippen molar-refractivity contribution in [2.24, 2.45) is 0 Å². The second kappa shape index (κ2) is 1.93. The van der Waals surface area contributed by atoms with Crippen LogP contribution in [0.3, 0.4) is 0 Å². The summed E-state index contributed by atoms with van der Waals surface area (Å²) in [5, 5.41) is 8.23. The van der Waals surface area contributed by atoms with Crippen LogP contribution in [0.5, 0.6) is 0 Å². The van der Waals surface area contributed by atoms with Crippen molar-refractivity contribution in [3.63, 3.8) is 0 Å². The number of hydrogen-bond acceptors (Lipinski definition) is 2. The predicted molar refractivity (Wildman–Crippen MR) is 28.1 cm³/mol. The van der Waals surface area contributed by atoms with E-state index in [-0.39, 0.29) is 4.48 Å². The summed E-state index contributed by atoms with van der Waals surface area (Å²) >= 11 is 0. The zero-order valence-electron chi connectivity index (χ0n) is 5.01. The molecule has 1 amide bonds. The molecule has 0 heterocycles. The standard InChI is InChI=1S/C5H8N2O/c1-5(8)7(2,3)4-6/h1H2,2-3H3/q+1. The molecule has 0 saturated heterocycles. The Morgan fingerprint density at radius 2 is 2.12 bits per heavy atom. The van der Waals surface area contributed by atoms with Crippen LogP contribution in [0.1, 0.15) is 0 Å². The molecule has 3 nitrogen and oxygen atoms in total. The van der Waals surface area contributed by atoms with Crippen LogP contribution in [0.15, 0.2) is 0 Å². The number of carbonyl (C=O) groups is 1. The normalized spacial score (nSPS) is 10.2. The Morgan fingerprint density at radius 1 is 1.75 bits per heavy atom. The van der Waals surface area contributed by atoms with E-state index in [1.165, 1.54) is 14.1 Å². The highest BCUT2D eigenvalue weighted by Crippen LogP contribution is 1.91. The first kappa shape index (κ1) is 7.12. The number of quaternary nitrogens is 1. The van der Waals surface area contributed by atoms with Gasteiger partial charge in [-0.25, -0.2) is 4.79 Å². The lowest BCUT2D eigenvalue weighted by Crippen LogP contribution is -2.38. The van der Waals surface area contributed by atoms with E-state index in [9.17, 15) is 4.79 Å². The van der Waals surface area contributed by atoms with Crippen molar-refractivity contribution in [3.8, 4) is 6.19 Å². The van der Waals surface area contributed by atoms with Gasteiger partial charge in [0.1, 0.15) is 0 Å². The molecule has 8 heavy (non-hydrogen) atoms. The van der Waals surface area contributed by atoms with E-state index in [0.717, 1.165) is 0 Å². The largest absolute Gasteiger partial charge is 0.328 e. The minimum absolute atomic E-state index is 0.319. The van der Waals surface area contributed by atoms with E-state index >= 15 is 0 Å². The van der Waals surface area contributed by atoms with Crippen LogP contribution in [0, 0.1) is 18.4 Å². The number of nitrogens with zero attached hydrogens (tertiary/aromatic N) is 2. The maximum atomic E-state index is 10.3. The van der Waals surface area contributed by atoms with E-state index in [4.69, 9.17) is 5.26 Å². The van der Waals surface area contributed by atoms with Crippen molar-refractivity contribution >= 4 is 5.91 Å². The third kappa shape index (κ3) is 1.32. The molecule has 0 bridgehead atoms. The van der Waals surface area contributed by atoms with E-state index in [1.54, 1.807) is 6.19 Å². The summed E-state index contributed by atoms with van der Waals surface area (Å²) < 4.78 is -0.319. The number of hydrogen-bond donors (Lipinski definition) is 0. The van der Waals surface area contributed by atoms with Gasteiger partial charge in [0.15, 0.2) is 0 Å². The molecule has 0 atom stereocenters. The molecule has 0 aliphatic heterocycles. The zero-order chi connectivity index (χ0) is 6.78. The summed E-state index contributed by atoms with van der Waals surface area (Å²) in [6, 6.07) is 0. The van der Waals surface area contributed by atoms with Gasteiger partial charge < -0.3 is 0 Å². The van der Waals surface area contributed by atoms with Crippen molar-refractivity contribution < 1.29 is 9.28 Å². The van der Waals surface area contributed by atoms with Gasteiger partial charge >= 0.3 is 12.1 Å². The van der Waals surface area contributed by atoms with Crippen molar-refractivity contribution in [2.45, 2.75) is 0 Å². The highest BCUT2D eigenvalue weighted by atomic mass is 16.2. The molecule has 0 aromatic rings. The van der Waals surface area contributed by atoms with E-state index in [0.29, 0.717) is 0 Å². The van der Waals surface area contributed by atoms with Crippen LogP contribution < -0.4 is 0 Å². The van der Waals surface area contributed by atoms with Crippen molar-refractivity contribution in [1.29, 1.82) is 5.26 Å². The number of rotatable bonds is 0. The Bertz CT molecular complexity index is 143. The molecule has 3 heteroatoms. The van der Waals surface area contributed by atoms with E-state index < -0.39 is 5.91 Å².